The Morgan fingerprint density at radius 2 is 1.90 bits per heavy atom. The second kappa shape index (κ2) is 6.27. The van der Waals surface area contributed by atoms with E-state index in [2.05, 4.69) is 10.1 Å². The van der Waals surface area contributed by atoms with Gasteiger partial charge in [0, 0.05) is 22.6 Å². The number of hydrogen-bond acceptors (Lipinski definition) is 4. The molecule has 0 aliphatic rings. The highest BCUT2D eigenvalue weighted by molar-refractivity contribution is 6.32. The standard InChI is InChI=1S/C22H18ClN3O4/c1-9(2)26-21-17(22(29)25-26)16(11-4-6-15(28)13(23)8-11)20-18(24-21)12-5-7-14(27)10(3)19(12)30-20/h4-9,24,28H,1-3H3,(H,25,29). The number of furan rings is 1. The molecule has 8 heteroatoms. The Morgan fingerprint density at radius 3 is 2.60 bits per heavy atom. The molecule has 0 aliphatic carbocycles. The molecule has 0 radical (unpaired) electrons. The molecule has 0 amide bonds. The van der Waals surface area contributed by atoms with E-state index >= 15 is 0 Å². The highest BCUT2D eigenvalue weighted by atomic mass is 35.5. The zero-order valence-electron chi connectivity index (χ0n) is 16.5. The van der Waals surface area contributed by atoms with Crippen LogP contribution in [0.25, 0.3) is 44.2 Å². The first kappa shape index (κ1) is 18.6. The van der Waals surface area contributed by atoms with Crippen molar-refractivity contribution in [3.8, 4) is 16.9 Å². The molecule has 3 N–H and O–H groups in total. The third kappa shape index (κ3) is 2.45. The van der Waals surface area contributed by atoms with E-state index in [4.69, 9.17) is 16.0 Å². The molecule has 2 aromatic carbocycles. The molecule has 3 heterocycles. The van der Waals surface area contributed by atoms with Crippen molar-refractivity contribution >= 4 is 44.7 Å². The van der Waals surface area contributed by atoms with E-state index in [0.717, 1.165) is 5.39 Å². The van der Waals surface area contributed by atoms with Gasteiger partial charge >= 0.3 is 0 Å². The van der Waals surface area contributed by atoms with E-state index < -0.39 is 0 Å². The fraction of sp³-hybridized carbons (Fsp3) is 0.182. The maximum atomic E-state index is 13.0. The maximum Gasteiger partial charge on any atom is 0.274 e. The van der Waals surface area contributed by atoms with Crippen LogP contribution in [0.4, 0.5) is 0 Å². The molecule has 0 saturated carbocycles. The van der Waals surface area contributed by atoms with Gasteiger partial charge in [0.25, 0.3) is 5.56 Å². The van der Waals surface area contributed by atoms with Gasteiger partial charge in [-0.3, -0.25) is 19.4 Å². The first-order valence-corrected chi connectivity index (χ1v) is 9.87. The van der Waals surface area contributed by atoms with Crippen LogP contribution in [-0.2, 0) is 0 Å². The lowest BCUT2D eigenvalue weighted by Crippen LogP contribution is -2.07. The number of halogens is 1. The van der Waals surface area contributed by atoms with E-state index in [0.29, 0.717) is 44.4 Å². The van der Waals surface area contributed by atoms with Gasteiger partial charge in [0.15, 0.2) is 11.0 Å². The minimum atomic E-state index is -0.280. The number of hydrogen-bond donors (Lipinski definition) is 3. The quantitative estimate of drug-likeness (QED) is 0.378. The third-order valence-corrected chi connectivity index (χ3v) is 5.76. The van der Waals surface area contributed by atoms with Gasteiger partial charge in [0.2, 0.25) is 0 Å². The highest BCUT2D eigenvalue weighted by Crippen LogP contribution is 2.40. The van der Waals surface area contributed by atoms with Crippen molar-refractivity contribution in [2.45, 2.75) is 26.8 Å². The number of aromatic amines is 2. The van der Waals surface area contributed by atoms with Crippen molar-refractivity contribution < 1.29 is 9.52 Å². The van der Waals surface area contributed by atoms with E-state index in [1.165, 1.54) is 12.1 Å². The zero-order chi connectivity index (χ0) is 21.3. The second-order valence-electron chi connectivity index (χ2n) is 7.67. The first-order chi connectivity index (χ1) is 14.3. The van der Waals surface area contributed by atoms with Gasteiger partial charge in [-0.05, 0) is 50.6 Å². The molecule has 3 aromatic heterocycles. The number of aromatic nitrogens is 3. The SMILES string of the molecule is Cc1c(=O)ccc2c1oc1c(-c3ccc(O)c(Cl)c3)c3c(=O)[nH]n(C(C)C)c3[nH]c12. The fourth-order valence-corrected chi connectivity index (χ4v) is 4.12. The number of aromatic hydroxyl groups is 1. The van der Waals surface area contributed by atoms with Gasteiger partial charge in [-0.25, -0.2) is 0 Å². The molecular weight excluding hydrogens is 406 g/mol. The predicted molar refractivity (Wildman–Crippen MR) is 118 cm³/mol. The van der Waals surface area contributed by atoms with Crippen molar-refractivity contribution in [3.05, 3.63) is 61.5 Å². The second-order valence-corrected chi connectivity index (χ2v) is 8.07. The summed E-state index contributed by atoms with van der Waals surface area (Å²) >= 11 is 6.17. The van der Waals surface area contributed by atoms with Crippen LogP contribution in [0.3, 0.4) is 0 Å². The number of benzene rings is 2. The molecule has 0 saturated heterocycles. The molecule has 0 spiro atoms. The van der Waals surface area contributed by atoms with Crippen molar-refractivity contribution in [1.29, 1.82) is 0 Å². The number of nitrogens with one attached hydrogen (secondary N) is 2. The lowest BCUT2D eigenvalue weighted by molar-refractivity contribution is 0.475. The van der Waals surface area contributed by atoms with Crippen LogP contribution in [-0.4, -0.2) is 19.9 Å². The lowest BCUT2D eigenvalue weighted by Gasteiger charge is -2.10. The summed E-state index contributed by atoms with van der Waals surface area (Å²) in [4.78, 5) is 28.5. The summed E-state index contributed by atoms with van der Waals surface area (Å²) < 4.78 is 7.91. The Hall–Kier alpha value is -3.45. The molecule has 30 heavy (non-hydrogen) atoms. The Labute approximate surface area is 174 Å². The van der Waals surface area contributed by atoms with Crippen molar-refractivity contribution in [3.63, 3.8) is 0 Å². The summed E-state index contributed by atoms with van der Waals surface area (Å²) in [5.41, 5.74) is 3.46. The monoisotopic (exact) mass is 423 g/mol. The number of rotatable bonds is 2. The molecule has 0 atom stereocenters. The average Bonchev–Trinajstić information content (AvgIpc) is 3.24. The Morgan fingerprint density at radius 1 is 1.13 bits per heavy atom. The van der Waals surface area contributed by atoms with Gasteiger partial charge in [-0.1, -0.05) is 17.7 Å². The summed E-state index contributed by atoms with van der Waals surface area (Å²) in [5.74, 6) is -0.0551. The summed E-state index contributed by atoms with van der Waals surface area (Å²) in [6.45, 7) is 5.64. The number of H-pyrrole nitrogens is 2. The van der Waals surface area contributed by atoms with Gasteiger partial charge in [-0.2, -0.15) is 0 Å². The molecule has 0 fully saturated rings. The van der Waals surface area contributed by atoms with Gasteiger partial charge < -0.3 is 14.5 Å². The predicted octanol–water partition coefficient (Wildman–Crippen LogP) is 4.83. The van der Waals surface area contributed by atoms with Crippen LogP contribution < -0.4 is 11.0 Å². The highest BCUT2D eigenvalue weighted by Gasteiger charge is 2.23. The normalized spacial score (nSPS) is 12.0. The molecule has 0 aliphatic heterocycles. The summed E-state index contributed by atoms with van der Waals surface area (Å²) in [7, 11) is 0. The Kier molecular flexibility index (Phi) is 3.88. The average molecular weight is 424 g/mol. The Balaban J connectivity index is 2.07. The Bertz CT molecular complexity index is 1600. The maximum absolute atomic E-state index is 13.0. The van der Waals surface area contributed by atoms with Crippen LogP contribution in [0.5, 0.6) is 5.75 Å². The lowest BCUT2D eigenvalue weighted by atomic mass is 10.0. The molecule has 5 aromatic rings. The fourth-order valence-electron chi connectivity index (χ4n) is 3.94. The minimum absolute atomic E-state index is 0.00620. The summed E-state index contributed by atoms with van der Waals surface area (Å²) in [6, 6.07) is 7.97. The van der Waals surface area contributed by atoms with Gasteiger partial charge in [0.1, 0.15) is 17.0 Å². The van der Waals surface area contributed by atoms with Crippen molar-refractivity contribution in [2.75, 3.05) is 0 Å². The van der Waals surface area contributed by atoms with Gasteiger partial charge in [-0.15, -0.1) is 0 Å². The van der Waals surface area contributed by atoms with Gasteiger partial charge in [0.05, 0.1) is 15.9 Å². The molecular formula is C22H18ClN3O4. The number of phenolic OH excluding ortho intramolecular Hbond substituents is 1. The third-order valence-electron chi connectivity index (χ3n) is 5.46. The van der Waals surface area contributed by atoms with Crippen molar-refractivity contribution in [1.82, 2.24) is 14.8 Å². The molecule has 0 unspecified atom stereocenters. The minimum Gasteiger partial charge on any atom is -0.506 e. The molecule has 0 bridgehead atoms. The number of aryl methyl sites for hydroxylation is 1. The molecule has 7 nitrogen and oxygen atoms in total. The first-order valence-electron chi connectivity index (χ1n) is 9.49. The number of fused-ring (bicyclic) bond motifs is 4. The van der Waals surface area contributed by atoms with E-state index in [1.54, 1.807) is 29.8 Å². The van der Waals surface area contributed by atoms with E-state index in [1.807, 2.05) is 13.8 Å². The van der Waals surface area contributed by atoms with Crippen LogP contribution >= 0.6 is 11.6 Å². The molecule has 152 valence electrons. The largest absolute Gasteiger partial charge is 0.506 e. The zero-order valence-corrected chi connectivity index (χ0v) is 17.2. The molecule has 5 rings (SSSR count). The number of phenols is 1. The van der Waals surface area contributed by atoms with E-state index in [9.17, 15) is 14.7 Å². The topological polar surface area (TPSA) is 104 Å². The number of pyridine rings is 1. The smallest absolute Gasteiger partial charge is 0.274 e. The van der Waals surface area contributed by atoms with Crippen LogP contribution in [0.2, 0.25) is 5.02 Å². The van der Waals surface area contributed by atoms with Crippen molar-refractivity contribution in [2.24, 2.45) is 0 Å². The van der Waals surface area contributed by atoms with Crippen LogP contribution in [0.15, 0.2) is 44.3 Å². The van der Waals surface area contributed by atoms with Crippen LogP contribution in [0.1, 0.15) is 25.5 Å². The number of nitrogens with zero attached hydrogens (tertiary/aromatic N) is 1. The summed E-state index contributed by atoms with van der Waals surface area (Å²) in [6.07, 6.45) is 0. The van der Waals surface area contributed by atoms with E-state index in [-0.39, 0.29) is 27.8 Å². The van der Waals surface area contributed by atoms with Crippen LogP contribution in [0, 0.1) is 6.92 Å². The summed E-state index contributed by atoms with van der Waals surface area (Å²) in [5, 5.41) is 14.1.